The smallest absolute Gasteiger partial charge is 0.315 e. The first kappa shape index (κ1) is 29.5. The van der Waals surface area contributed by atoms with Crippen molar-refractivity contribution in [1.82, 2.24) is 14.7 Å². The first-order chi connectivity index (χ1) is 17.9. The summed E-state index contributed by atoms with van der Waals surface area (Å²) in [5, 5.41) is 11.5. The molecule has 0 saturated heterocycles. The lowest BCUT2D eigenvalue weighted by atomic mass is 9.92. The maximum Gasteiger partial charge on any atom is 0.322 e. The number of rotatable bonds is 9. The van der Waals surface area contributed by atoms with Crippen LogP contribution in [0.5, 0.6) is 0 Å². The summed E-state index contributed by atoms with van der Waals surface area (Å²) < 4.78 is 1.64. The van der Waals surface area contributed by atoms with Gasteiger partial charge in [-0.25, -0.2) is 9.48 Å². The van der Waals surface area contributed by atoms with Gasteiger partial charge in [0.2, 0.25) is 5.91 Å². The maximum atomic E-state index is 13.3. The second-order valence-corrected chi connectivity index (χ2v) is 11.3. The quantitative estimate of drug-likeness (QED) is 0.264. The SMILES string of the molecule is CCCCCN(CC(=O)Nc1cc(C(C)(C)C)nn1-c1ccc(Cl)c(Cl)c1)C(=O)Nc1cccc(C)c1C. The molecule has 204 valence electrons. The Bertz CT molecular complexity index is 1300. The molecule has 38 heavy (non-hydrogen) atoms. The van der Waals surface area contributed by atoms with Crippen molar-refractivity contribution in [2.75, 3.05) is 23.7 Å². The number of unbranched alkanes of at least 4 members (excludes halogenated alkanes) is 2. The van der Waals surface area contributed by atoms with Crippen LogP contribution in [-0.4, -0.2) is 39.7 Å². The largest absolute Gasteiger partial charge is 0.322 e. The number of aromatic nitrogens is 2. The van der Waals surface area contributed by atoms with Gasteiger partial charge in [-0.05, 0) is 55.7 Å². The molecule has 1 aromatic heterocycles. The van der Waals surface area contributed by atoms with E-state index in [-0.39, 0.29) is 23.9 Å². The zero-order valence-electron chi connectivity index (χ0n) is 23.0. The summed E-state index contributed by atoms with van der Waals surface area (Å²) in [6.07, 6.45) is 2.78. The summed E-state index contributed by atoms with van der Waals surface area (Å²) >= 11 is 12.4. The maximum absolute atomic E-state index is 13.3. The molecule has 2 aromatic carbocycles. The van der Waals surface area contributed by atoms with E-state index in [1.807, 2.05) is 58.9 Å². The highest BCUT2D eigenvalue weighted by Crippen LogP contribution is 2.29. The van der Waals surface area contributed by atoms with Gasteiger partial charge in [-0.1, -0.05) is 75.9 Å². The number of aryl methyl sites for hydroxylation is 1. The molecular weight excluding hydrogens is 521 g/mol. The number of carbonyl (C=O) groups excluding carboxylic acids is 2. The van der Waals surface area contributed by atoms with Crippen LogP contribution in [0.15, 0.2) is 42.5 Å². The summed E-state index contributed by atoms with van der Waals surface area (Å²) in [6, 6.07) is 12.5. The van der Waals surface area contributed by atoms with Crippen LogP contribution in [0.1, 0.15) is 63.8 Å². The van der Waals surface area contributed by atoms with Gasteiger partial charge in [-0.15, -0.1) is 0 Å². The number of nitrogens with one attached hydrogen (secondary N) is 2. The summed E-state index contributed by atoms with van der Waals surface area (Å²) in [7, 11) is 0. The number of urea groups is 1. The number of benzene rings is 2. The van der Waals surface area contributed by atoms with Crippen molar-refractivity contribution in [3.8, 4) is 5.69 Å². The fraction of sp³-hybridized carbons (Fsp3) is 0.414. The molecule has 0 saturated carbocycles. The molecule has 3 aromatic rings. The van der Waals surface area contributed by atoms with Gasteiger partial charge in [0.1, 0.15) is 12.4 Å². The minimum absolute atomic E-state index is 0.0994. The number of hydrogen-bond acceptors (Lipinski definition) is 3. The highest BCUT2D eigenvalue weighted by Gasteiger charge is 2.23. The Morgan fingerprint density at radius 1 is 1.00 bits per heavy atom. The van der Waals surface area contributed by atoms with Crippen LogP contribution < -0.4 is 10.6 Å². The van der Waals surface area contributed by atoms with Crippen LogP contribution in [0.4, 0.5) is 16.3 Å². The Labute approximate surface area is 235 Å². The Morgan fingerprint density at radius 2 is 1.74 bits per heavy atom. The number of amides is 3. The molecule has 9 heteroatoms. The summed E-state index contributed by atoms with van der Waals surface area (Å²) in [6.45, 7) is 12.6. The van der Waals surface area contributed by atoms with Crippen molar-refractivity contribution in [3.63, 3.8) is 0 Å². The van der Waals surface area contributed by atoms with Crippen molar-refractivity contribution in [3.05, 3.63) is 69.3 Å². The molecule has 3 rings (SSSR count). The lowest BCUT2D eigenvalue weighted by Gasteiger charge is -2.23. The third kappa shape index (κ3) is 7.51. The Morgan fingerprint density at radius 3 is 2.39 bits per heavy atom. The first-order valence-corrected chi connectivity index (χ1v) is 13.6. The molecule has 0 fully saturated rings. The van der Waals surface area contributed by atoms with Crippen LogP contribution in [-0.2, 0) is 10.2 Å². The zero-order chi connectivity index (χ0) is 28.0. The number of hydrogen-bond donors (Lipinski definition) is 2. The normalized spacial score (nSPS) is 11.4. The fourth-order valence-corrected chi connectivity index (χ4v) is 4.18. The number of nitrogens with zero attached hydrogens (tertiary/aromatic N) is 3. The number of halogens is 2. The molecule has 0 aliphatic rings. The summed E-state index contributed by atoms with van der Waals surface area (Å²) in [5.74, 6) is 0.168. The molecule has 0 radical (unpaired) electrons. The average Bonchev–Trinajstić information content (AvgIpc) is 3.27. The van der Waals surface area contributed by atoms with E-state index >= 15 is 0 Å². The molecular formula is C29H37Cl2N5O2. The standard InChI is InChI=1S/C29H37Cl2N5O2/c1-7-8-9-15-35(28(38)32-24-12-10-11-19(2)20(24)3)18-27(37)33-26-17-25(29(4,5)6)34-36(26)21-13-14-22(30)23(31)16-21/h10-14,16-17H,7-9,15,18H2,1-6H3,(H,32,38)(H,33,37). The van der Waals surface area contributed by atoms with Gasteiger partial charge in [0.25, 0.3) is 0 Å². The minimum atomic E-state index is -0.320. The highest BCUT2D eigenvalue weighted by atomic mass is 35.5. The lowest BCUT2D eigenvalue weighted by molar-refractivity contribution is -0.116. The molecule has 0 atom stereocenters. The van der Waals surface area contributed by atoms with E-state index in [0.717, 1.165) is 41.8 Å². The van der Waals surface area contributed by atoms with Gasteiger partial charge in [-0.2, -0.15) is 5.10 Å². The van der Waals surface area contributed by atoms with E-state index in [1.54, 1.807) is 27.8 Å². The van der Waals surface area contributed by atoms with Gasteiger partial charge >= 0.3 is 6.03 Å². The number of anilines is 2. The molecule has 0 unspecified atom stereocenters. The molecule has 0 aliphatic heterocycles. The van der Waals surface area contributed by atoms with Gasteiger partial charge in [-0.3, -0.25) is 4.79 Å². The molecule has 0 aliphatic carbocycles. The molecule has 0 bridgehead atoms. The predicted molar refractivity (Wildman–Crippen MR) is 157 cm³/mol. The molecule has 3 amide bonds. The van der Waals surface area contributed by atoms with E-state index in [0.29, 0.717) is 28.1 Å². The van der Waals surface area contributed by atoms with E-state index < -0.39 is 0 Å². The predicted octanol–water partition coefficient (Wildman–Crippen LogP) is 7.76. The summed E-state index contributed by atoms with van der Waals surface area (Å²) in [5.41, 5.74) is 4.04. The summed E-state index contributed by atoms with van der Waals surface area (Å²) in [4.78, 5) is 28.1. The Kier molecular flexibility index (Phi) is 9.85. The monoisotopic (exact) mass is 557 g/mol. The zero-order valence-corrected chi connectivity index (χ0v) is 24.5. The van der Waals surface area contributed by atoms with Crippen LogP contribution in [0.3, 0.4) is 0 Å². The molecule has 0 spiro atoms. The van der Waals surface area contributed by atoms with Crippen LogP contribution in [0, 0.1) is 13.8 Å². The Hall–Kier alpha value is -3.03. The van der Waals surface area contributed by atoms with Crippen molar-refractivity contribution in [1.29, 1.82) is 0 Å². The third-order valence-corrected chi connectivity index (χ3v) is 7.13. The number of carbonyl (C=O) groups is 2. The topological polar surface area (TPSA) is 79.3 Å². The second-order valence-electron chi connectivity index (χ2n) is 10.5. The van der Waals surface area contributed by atoms with E-state index in [4.69, 9.17) is 28.3 Å². The average molecular weight is 559 g/mol. The van der Waals surface area contributed by atoms with E-state index in [9.17, 15) is 9.59 Å². The highest BCUT2D eigenvalue weighted by molar-refractivity contribution is 6.42. The van der Waals surface area contributed by atoms with Crippen LogP contribution in [0.25, 0.3) is 5.69 Å². The van der Waals surface area contributed by atoms with Gasteiger partial charge in [0.15, 0.2) is 0 Å². The Balaban J connectivity index is 1.84. The van der Waals surface area contributed by atoms with Crippen molar-refractivity contribution in [2.45, 2.75) is 66.2 Å². The van der Waals surface area contributed by atoms with Crippen LogP contribution in [0.2, 0.25) is 10.0 Å². The van der Waals surface area contributed by atoms with Crippen molar-refractivity contribution in [2.24, 2.45) is 0 Å². The molecule has 1 heterocycles. The third-order valence-electron chi connectivity index (χ3n) is 6.39. The van der Waals surface area contributed by atoms with Crippen molar-refractivity contribution < 1.29 is 9.59 Å². The second kappa shape index (κ2) is 12.7. The van der Waals surface area contributed by atoms with E-state index in [2.05, 4.69) is 17.6 Å². The van der Waals surface area contributed by atoms with Crippen molar-refractivity contribution >= 4 is 46.6 Å². The first-order valence-electron chi connectivity index (χ1n) is 12.9. The molecule has 2 N–H and O–H groups in total. The fourth-order valence-electron chi connectivity index (χ4n) is 3.89. The minimum Gasteiger partial charge on any atom is -0.315 e. The lowest BCUT2D eigenvalue weighted by Crippen LogP contribution is -2.41. The van der Waals surface area contributed by atoms with Gasteiger partial charge < -0.3 is 15.5 Å². The molecule has 7 nitrogen and oxygen atoms in total. The van der Waals surface area contributed by atoms with E-state index in [1.165, 1.54) is 0 Å². The van der Waals surface area contributed by atoms with Gasteiger partial charge in [0, 0.05) is 23.7 Å². The van der Waals surface area contributed by atoms with Gasteiger partial charge in [0.05, 0.1) is 21.4 Å². The van der Waals surface area contributed by atoms with Crippen LogP contribution >= 0.6 is 23.2 Å².